The van der Waals surface area contributed by atoms with Crippen LogP contribution >= 0.6 is 0 Å². The van der Waals surface area contributed by atoms with Gasteiger partial charge in [0, 0.05) is 50.0 Å². The van der Waals surface area contributed by atoms with Crippen LogP contribution in [0.3, 0.4) is 0 Å². The van der Waals surface area contributed by atoms with Gasteiger partial charge in [-0.3, -0.25) is 0 Å². The van der Waals surface area contributed by atoms with Gasteiger partial charge in [0.05, 0.1) is 7.11 Å². The van der Waals surface area contributed by atoms with Crippen LogP contribution in [-0.2, 0) is 4.74 Å². The van der Waals surface area contributed by atoms with Crippen molar-refractivity contribution < 1.29 is 9.53 Å². The van der Waals surface area contributed by atoms with Crippen molar-refractivity contribution in [3.8, 4) is 0 Å². The lowest BCUT2D eigenvalue weighted by Crippen LogP contribution is -2.51. The molecule has 9 nitrogen and oxygen atoms in total. The molecular formula is C23H29N7O2. The van der Waals surface area contributed by atoms with Crippen LogP contribution in [0.5, 0.6) is 0 Å². The van der Waals surface area contributed by atoms with Gasteiger partial charge >= 0.3 is 5.97 Å². The summed E-state index contributed by atoms with van der Waals surface area (Å²) in [7, 11) is 1.43. The molecule has 0 radical (unpaired) electrons. The van der Waals surface area contributed by atoms with Crippen molar-refractivity contribution in [2.75, 3.05) is 38.3 Å². The number of hydrogen-bond acceptors (Lipinski definition) is 8. The summed E-state index contributed by atoms with van der Waals surface area (Å²) >= 11 is 0. The molecule has 0 atom stereocenters. The number of anilines is 2. The normalized spacial score (nSPS) is 17.7. The van der Waals surface area contributed by atoms with Crippen LogP contribution in [-0.4, -0.2) is 63.8 Å². The number of carbonyl (C=O) groups is 1. The number of esters is 1. The molecule has 1 N–H and O–H groups in total. The summed E-state index contributed by atoms with van der Waals surface area (Å²) in [5.41, 5.74) is 2.25. The first kappa shape index (κ1) is 20.8. The monoisotopic (exact) mass is 435 g/mol. The average Bonchev–Trinajstić information content (AvgIpc) is 3.46. The van der Waals surface area contributed by atoms with Crippen LogP contribution in [0.2, 0.25) is 0 Å². The van der Waals surface area contributed by atoms with Crippen LogP contribution < -0.4 is 10.3 Å². The lowest BCUT2D eigenvalue weighted by Gasteiger charge is -2.36. The molecule has 0 amide bonds. The Labute approximate surface area is 187 Å². The number of aromatic nitrogens is 4. The molecule has 0 unspecified atom stereocenters. The first-order valence-electron chi connectivity index (χ1n) is 11.3. The Morgan fingerprint density at radius 1 is 1.19 bits per heavy atom. The summed E-state index contributed by atoms with van der Waals surface area (Å²) in [5.74, 6) is 1.02. The minimum Gasteiger partial charge on any atom is -0.464 e. The summed E-state index contributed by atoms with van der Waals surface area (Å²) in [6.07, 6.45) is 8.00. The lowest BCUT2D eigenvalue weighted by atomic mass is 10.2. The highest BCUT2D eigenvalue weighted by Gasteiger charge is 2.30. The molecule has 168 valence electrons. The largest absolute Gasteiger partial charge is 0.464 e. The Kier molecular flexibility index (Phi) is 5.75. The van der Waals surface area contributed by atoms with E-state index >= 15 is 0 Å². The Balaban J connectivity index is 1.68. The summed E-state index contributed by atoms with van der Waals surface area (Å²) in [6, 6.07) is 6.08. The van der Waals surface area contributed by atoms with Crippen LogP contribution in [0.15, 0.2) is 30.6 Å². The van der Waals surface area contributed by atoms with Gasteiger partial charge in [0.2, 0.25) is 5.95 Å². The molecule has 1 saturated heterocycles. The number of hydrazine groups is 1. The summed E-state index contributed by atoms with van der Waals surface area (Å²) in [5, 5.41) is 8.50. The maximum absolute atomic E-state index is 12.7. The molecule has 0 aromatic carbocycles. The topological polar surface area (TPSA) is 88.4 Å². The van der Waals surface area contributed by atoms with Gasteiger partial charge in [-0.2, -0.15) is 4.98 Å². The van der Waals surface area contributed by atoms with Crippen molar-refractivity contribution in [2.45, 2.75) is 38.6 Å². The molecule has 1 aliphatic carbocycles. The van der Waals surface area contributed by atoms with Gasteiger partial charge in [-0.05, 0) is 37.5 Å². The first-order chi connectivity index (χ1) is 15.7. The van der Waals surface area contributed by atoms with Crippen LogP contribution in [0.1, 0.15) is 47.8 Å². The zero-order chi connectivity index (χ0) is 22.1. The lowest BCUT2D eigenvalue weighted by molar-refractivity contribution is 0.0585. The number of pyridine rings is 1. The van der Waals surface area contributed by atoms with E-state index in [2.05, 4.69) is 19.9 Å². The minimum atomic E-state index is -0.322. The third-order valence-corrected chi connectivity index (χ3v) is 6.48. The Bertz CT molecular complexity index is 1100. The van der Waals surface area contributed by atoms with Crippen molar-refractivity contribution >= 4 is 28.8 Å². The molecule has 4 heterocycles. The van der Waals surface area contributed by atoms with E-state index in [0.29, 0.717) is 11.6 Å². The number of nitrogens with one attached hydrogen (secondary N) is 1. The minimum absolute atomic E-state index is 0.241. The van der Waals surface area contributed by atoms with E-state index in [4.69, 9.17) is 14.7 Å². The standard InChI is InChI=1S/C23H29N7O2/c1-16-18-15-26-23(30(19-9-5-6-10-25-19)28-13-11-24-12-14-28)27-21(18)29(17-7-3-4-8-17)20(16)22(31)32-2/h5-6,9-10,15,17,24H,3-4,7-8,11-14H2,1-2H3. The highest BCUT2D eigenvalue weighted by molar-refractivity contribution is 5.98. The number of fused-ring (bicyclic) bond motifs is 1. The third kappa shape index (κ3) is 3.61. The van der Waals surface area contributed by atoms with E-state index in [9.17, 15) is 4.79 Å². The van der Waals surface area contributed by atoms with Crippen LogP contribution in [0, 0.1) is 6.92 Å². The fourth-order valence-corrected chi connectivity index (χ4v) is 4.90. The van der Waals surface area contributed by atoms with E-state index in [-0.39, 0.29) is 12.0 Å². The highest BCUT2D eigenvalue weighted by Crippen LogP contribution is 2.37. The van der Waals surface area contributed by atoms with Crippen molar-refractivity contribution in [3.05, 3.63) is 41.9 Å². The predicted octanol–water partition coefficient (Wildman–Crippen LogP) is 2.99. The third-order valence-electron chi connectivity index (χ3n) is 6.48. The van der Waals surface area contributed by atoms with Crippen molar-refractivity contribution in [3.63, 3.8) is 0 Å². The maximum atomic E-state index is 12.7. The van der Waals surface area contributed by atoms with Gasteiger partial charge < -0.3 is 14.6 Å². The van der Waals surface area contributed by atoms with Gasteiger partial charge in [0.25, 0.3) is 0 Å². The van der Waals surface area contributed by atoms with E-state index < -0.39 is 0 Å². The zero-order valence-corrected chi connectivity index (χ0v) is 18.6. The summed E-state index contributed by atoms with van der Waals surface area (Å²) in [4.78, 5) is 27.1. The second-order valence-electron chi connectivity index (χ2n) is 8.38. The Morgan fingerprint density at radius 2 is 1.97 bits per heavy atom. The maximum Gasteiger partial charge on any atom is 0.355 e. The molecule has 2 aliphatic rings. The number of methoxy groups -OCH3 is 1. The number of aryl methyl sites for hydroxylation is 1. The number of rotatable bonds is 5. The number of hydrogen-bond donors (Lipinski definition) is 1. The van der Waals surface area contributed by atoms with E-state index in [1.54, 1.807) is 6.20 Å². The van der Waals surface area contributed by atoms with Crippen molar-refractivity contribution in [1.82, 2.24) is 29.8 Å². The molecule has 5 rings (SSSR count). The van der Waals surface area contributed by atoms with Crippen LogP contribution in [0.25, 0.3) is 11.0 Å². The van der Waals surface area contributed by atoms with Crippen molar-refractivity contribution in [1.29, 1.82) is 0 Å². The van der Waals surface area contributed by atoms with Gasteiger partial charge in [-0.25, -0.2) is 24.8 Å². The molecule has 0 spiro atoms. The fourth-order valence-electron chi connectivity index (χ4n) is 4.90. The molecule has 32 heavy (non-hydrogen) atoms. The van der Waals surface area contributed by atoms with E-state index in [1.807, 2.05) is 36.3 Å². The second-order valence-corrected chi connectivity index (χ2v) is 8.38. The predicted molar refractivity (Wildman–Crippen MR) is 122 cm³/mol. The van der Waals surface area contributed by atoms with Gasteiger partial charge in [0.15, 0.2) is 0 Å². The average molecular weight is 436 g/mol. The van der Waals surface area contributed by atoms with Gasteiger partial charge in [0.1, 0.15) is 17.2 Å². The molecule has 3 aromatic heterocycles. The Morgan fingerprint density at radius 3 is 2.66 bits per heavy atom. The van der Waals surface area contributed by atoms with Crippen molar-refractivity contribution in [2.24, 2.45) is 0 Å². The van der Waals surface area contributed by atoms with Crippen LogP contribution in [0.4, 0.5) is 11.8 Å². The number of piperazine rings is 1. The highest BCUT2D eigenvalue weighted by atomic mass is 16.5. The number of carbonyl (C=O) groups excluding carboxylic acids is 1. The zero-order valence-electron chi connectivity index (χ0n) is 18.6. The molecule has 0 bridgehead atoms. The molecule has 3 aromatic rings. The Hall–Kier alpha value is -3.04. The molecule has 9 heteroatoms. The van der Waals surface area contributed by atoms with Gasteiger partial charge in [-0.15, -0.1) is 0 Å². The molecular weight excluding hydrogens is 406 g/mol. The fraction of sp³-hybridized carbons (Fsp3) is 0.478. The second kappa shape index (κ2) is 8.84. The first-order valence-corrected chi connectivity index (χ1v) is 11.3. The molecule has 2 fully saturated rings. The van der Waals surface area contributed by atoms with Gasteiger partial charge in [-0.1, -0.05) is 18.9 Å². The van der Waals surface area contributed by atoms with E-state index in [0.717, 1.165) is 74.3 Å². The smallest absolute Gasteiger partial charge is 0.355 e. The van der Waals surface area contributed by atoms with E-state index in [1.165, 1.54) is 7.11 Å². The SMILES string of the molecule is COC(=O)c1c(C)c2cnc(N(c3ccccn3)N3CCNCC3)nc2n1C1CCCC1. The number of ether oxygens (including phenoxy) is 1. The summed E-state index contributed by atoms with van der Waals surface area (Å²) in [6.45, 7) is 5.38. The summed E-state index contributed by atoms with van der Waals surface area (Å²) < 4.78 is 7.25. The number of nitrogens with zero attached hydrogens (tertiary/aromatic N) is 6. The quantitative estimate of drug-likeness (QED) is 0.612. The molecule has 1 aliphatic heterocycles. The molecule has 1 saturated carbocycles.